The van der Waals surface area contributed by atoms with E-state index < -0.39 is 11.9 Å². The number of rotatable bonds is 3. The largest absolute Gasteiger partial charge is 0.398 e. The highest BCUT2D eigenvalue weighted by molar-refractivity contribution is 5.48. The van der Waals surface area contributed by atoms with Crippen LogP contribution in [0.25, 0.3) is 0 Å². The predicted molar refractivity (Wildman–Crippen MR) is 65.9 cm³/mol. The Kier molecular flexibility index (Phi) is 3.58. The molecule has 0 saturated heterocycles. The van der Waals surface area contributed by atoms with Crippen LogP contribution in [0.2, 0.25) is 0 Å². The summed E-state index contributed by atoms with van der Waals surface area (Å²) in [5.41, 5.74) is 7.12. The van der Waals surface area contributed by atoms with Crippen LogP contribution in [0.1, 0.15) is 17.2 Å². The Morgan fingerprint density at radius 2 is 1.61 bits per heavy atom. The molecule has 0 bridgehead atoms. The minimum atomic E-state index is -0.911. The number of nitrogen functional groups attached to an aromatic ring is 1. The van der Waals surface area contributed by atoms with Gasteiger partial charge in [-0.15, -0.1) is 0 Å². The van der Waals surface area contributed by atoms with E-state index in [1.54, 1.807) is 12.1 Å². The number of hydrogen-bond acceptors (Lipinski definition) is 2. The predicted octanol–water partition coefficient (Wildman–Crippen LogP) is 2.82. The van der Waals surface area contributed by atoms with Gasteiger partial charge in [0.05, 0.1) is 6.10 Å². The summed E-state index contributed by atoms with van der Waals surface area (Å²) in [6.07, 6.45) is -0.653. The van der Waals surface area contributed by atoms with Crippen LogP contribution < -0.4 is 5.73 Å². The second-order valence-electron chi connectivity index (χ2n) is 4.12. The Morgan fingerprint density at radius 1 is 1.00 bits per heavy atom. The molecule has 0 saturated carbocycles. The summed E-state index contributed by atoms with van der Waals surface area (Å²) in [6, 6.07) is 9.65. The Bertz CT molecular complexity index is 540. The van der Waals surface area contributed by atoms with Crippen LogP contribution >= 0.6 is 0 Å². The molecule has 3 N–H and O–H groups in total. The second kappa shape index (κ2) is 5.14. The Balaban J connectivity index is 2.18. The highest BCUT2D eigenvalue weighted by Crippen LogP contribution is 2.24. The maximum Gasteiger partial charge on any atom is 0.123 e. The van der Waals surface area contributed by atoms with Gasteiger partial charge in [0.1, 0.15) is 11.6 Å². The zero-order valence-corrected chi connectivity index (χ0v) is 9.61. The number of aliphatic hydroxyl groups is 1. The smallest absolute Gasteiger partial charge is 0.123 e. The van der Waals surface area contributed by atoms with Gasteiger partial charge in [-0.05, 0) is 35.9 Å². The van der Waals surface area contributed by atoms with Gasteiger partial charge in [-0.2, -0.15) is 0 Å². The van der Waals surface area contributed by atoms with Gasteiger partial charge < -0.3 is 10.8 Å². The van der Waals surface area contributed by atoms with Crippen molar-refractivity contribution in [3.8, 4) is 0 Å². The van der Waals surface area contributed by atoms with Crippen LogP contribution in [0.4, 0.5) is 14.5 Å². The van der Waals surface area contributed by atoms with E-state index >= 15 is 0 Å². The quantitative estimate of drug-likeness (QED) is 0.822. The van der Waals surface area contributed by atoms with Crippen LogP contribution in [0.15, 0.2) is 42.5 Å². The van der Waals surface area contributed by atoms with Crippen molar-refractivity contribution in [1.29, 1.82) is 0 Å². The molecule has 0 aromatic heterocycles. The maximum atomic E-state index is 13.1. The fraction of sp³-hybridized carbons (Fsp3) is 0.143. The molecule has 0 aliphatic heterocycles. The van der Waals surface area contributed by atoms with Crippen molar-refractivity contribution in [2.24, 2.45) is 0 Å². The molecule has 0 heterocycles. The van der Waals surface area contributed by atoms with E-state index in [0.29, 0.717) is 11.3 Å². The zero-order chi connectivity index (χ0) is 13.1. The molecule has 4 heteroatoms. The van der Waals surface area contributed by atoms with Crippen LogP contribution in [-0.4, -0.2) is 5.11 Å². The average molecular weight is 249 g/mol. The Labute approximate surface area is 104 Å². The topological polar surface area (TPSA) is 46.2 Å². The molecule has 1 unspecified atom stereocenters. The molecule has 0 fully saturated rings. The summed E-state index contributed by atoms with van der Waals surface area (Å²) in [7, 11) is 0. The molecule has 0 aliphatic rings. The molecule has 1 atom stereocenters. The molecule has 0 aliphatic carbocycles. The lowest BCUT2D eigenvalue weighted by Gasteiger charge is -2.13. The minimum Gasteiger partial charge on any atom is -0.398 e. The lowest BCUT2D eigenvalue weighted by Crippen LogP contribution is -2.06. The third-order valence-electron chi connectivity index (χ3n) is 2.75. The van der Waals surface area contributed by atoms with Crippen molar-refractivity contribution < 1.29 is 13.9 Å². The summed E-state index contributed by atoms with van der Waals surface area (Å²) < 4.78 is 25.8. The maximum absolute atomic E-state index is 13.1. The first-order chi connectivity index (χ1) is 8.56. The highest BCUT2D eigenvalue weighted by Gasteiger charge is 2.12. The van der Waals surface area contributed by atoms with Gasteiger partial charge in [0.25, 0.3) is 0 Å². The van der Waals surface area contributed by atoms with Crippen LogP contribution in [0, 0.1) is 11.6 Å². The first-order valence-electron chi connectivity index (χ1n) is 5.53. The molecule has 2 aromatic rings. The summed E-state index contributed by atoms with van der Waals surface area (Å²) >= 11 is 0. The van der Waals surface area contributed by atoms with E-state index in [9.17, 15) is 13.9 Å². The van der Waals surface area contributed by atoms with Crippen LogP contribution in [0.3, 0.4) is 0 Å². The summed E-state index contributed by atoms with van der Waals surface area (Å²) in [6.45, 7) is 0. The molecule has 0 radical (unpaired) electrons. The van der Waals surface area contributed by atoms with Crippen molar-refractivity contribution in [3.63, 3.8) is 0 Å². The molecular weight excluding hydrogens is 236 g/mol. The van der Waals surface area contributed by atoms with Gasteiger partial charge in [0.2, 0.25) is 0 Å². The van der Waals surface area contributed by atoms with E-state index in [-0.39, 0.29) is 12.2 Å². The molecule has 2 rings (SSSR count). The number of nitrogens with two attached hydrogens (primary N) is 1. The molecule has 18 heavy (non-hydrogen) atoms. The standard InChI is InChI=1S/C14H13F2NO/c15-10-3-1-9(2-4-10)7-14(18)12-8-11(16)5-6-13(12)17/h1-6,8,14,18H,7,17H2. The van der Waals surface area contributed by atoms with Gasteiger partial charge in [-0.1, -0.05) is 12.1 Å². The summed E-state index contributed by atoms with van der Waals surface area (Å²) in [5, 5.41) is 10.0. The van der Waals surface area contributed by atoms with Gasteiger partial charge in [-0.3, -0.25) is 0 Å². The van der Waals surface area contributed by atoms with E-state index in [2.05, 4.69) is 0 Å². The molecular formula is C14H13F2NO. The molecule has 94 valence electrons. The number of benzene rings is 2. The zero-order valence-electron chi connectivity index (χ0n) is 9.61. The van der Waals surface area contributed by atoms with Crippen LogP contribution in [0.5, 0.6) is 0 Å². The first-order valence-corrected chi connectivity index (χ1v) is 5.53. The second-order valence-corrected chi connectivity index (χ2v) is 4.12. The Hall–Kier alpha value is -1.94. The van der Waals surface area contributed by atoms with Crippen molar-refractivity contribution in [2.75, 3.05) is 5.73 Å². The number of anilines is 1. The minimum absolute atomic E-state index is 0.258. The third-order valence-corrected chi connectivity index (χ3v) is 2.75. The SMILES string of the molecule is Nc1ccc(F)cc1C(O)Cc1ccc(F)cc1. The number of aliphatic hydroxyl groups excluding tert-OH is 1. The lowest BCUT2D eigenvalue weighted by atomic mass is 10.00. The summed E-state index contributed by atoms with van der Waals surface area (Å²) in [5.74, 6) is -0.782. The normalized spacial score (nSPS) is 12.4. The molecule has 0 spiro atoms. The van der Waals surface area contributed by atoms with E-state index in [1.165, 1.54) is 30.3 Å². The third kappa shape index (κ3) is 2.84. The summed E-state index contributed by atoms with van der Waals surface area (Å²) in [4.78, 5) is 0. The molecule has 2 aromatic carbocycles. The van der Waals surface area contributed by atoms with Crippen molar-refractivity contribution >= 4 is 5.69 Å². The van der Waals surface area contributed by atoms with Crippen molar-refractivity contribution in [1.82, 2.24) is 0 Å². The van der Waals surface area contributed by atoms with Crippen LogP contribution in [-0.2, 0) is 6.42 Å². The van der Waals surface area contributed by atoms with Gasteiger partial charge in [0, 0.05) is 17.7 Å². The van der Waals surface area contributed by atoms with E-state index in [1.807, 2.05) is 0 Å². The van der Waals surface area contributed by atoms with E-state index in [4.69, 9.17) is 5.73 Å². The first kappa shape index (κ1) is 12.5. The van der Waals surface area contributed by atoms with Gasteiger partial charge >= 0.3 is 0 Å². The van der Waals surface area contributed by atoms with Gasteiger partial charge in [0.15, 0.2) is 0 Å². The Morgan fingerprint density at radius 3 is 2.28 bits per heavy atom. The molecule has 0 amide bonds. The lowest BCUT2D eigenvalue weighted by molar-refractivity contribution is 0.179. The fourth-order valence-corrected chi connectivity index (χ4v) is 1.79. The van der Waals surface area contributed by atoms with Crippen molar-refractivity contribution in [2.45, 2.75) is 12.5 Å². The monoisotopic (exact) mass is 249 g/mol. The van der Waals surface area contributed by atoms with E-state index in [0.717, 1.165) is 5.56 Å². The fourth-order valence-electron chi connectivity index (χ4n) is 1.79. The number of halogens is 2. The van der Waals surface area contributed by atoms with Gasteiger partial charge in [-0.25, -0.2) is 8.78 Å². The highest BCUT2D eigenvalue weighted by atomic mass is 19.1. The van der Waals surface area contributed by atoms with Crippen molar-refractivity contribution in [3.05, 3.63) is 65.2 Å². The average Bonchev–Trinajstić information content (AvgIpc) is 2.35. The number of hydrogen-bond donors (Lipinski definition) is 2. The molecule has 2 nitrogen and oxygen atoms in total.